The quantitative estimate of drug-likeness (QED) is 0.855. The van der Waals surface area contributed by atoms with E-state index in [0.717, 1.165) is 23.9 Å². The molecule has 4 heteroatoms. The Hall–Kier alpha value is -1.42. The molecule has 2 atom stereocenters. The molecule has 0 saturated heterocycles. The third-order valence-electron chi connectivity index (χ3n) is 4.14. The minimum absolute atomic E-state index is 0.0115. The van der Waals surface area contributed by atoms with Gasteiger partial charge in [0.15, 0.2) is 0 Å². The fourth-order valence-electron chi connectivity index (χ4n) is 2.97. The summed E-state index contributed by atoms with van der Waals surface area (Å²) in [6.07, 6.45) is 6.63. The van der Waals surface area contributed by atoms with E-state index in [-0.39, 0.29) is 5.91 Å². The van der Waals surface area contributed by atoms with E-state index in [0.29, 0.717) is 16.3 Å². The zero-order valence-electron chi connectivity index (χ0n) is 11.9. The van der Waals surface area contributed by atoms with Crippen LogP contribution in [0.25, 0.3) is 10.9 Å². The smallest absolute Gasteiger partial charge is 0.251 e. The van der Waals surface area contributed by atoms with Gasteiger partial charge >= 0.3 is 0 Å². The molecule has 1 aromatic heterocycles. The number of pyridine rings is 1. The van der Waals surface area contributed by atoms with Crippen LogP contribution in [0.2, 0.25) is 0 Å². The van der Waals surface area contributed by atoms with Crippen LogP contribution in [0.5, 0.6) is 0 Å². The summed E-state index contributed by atoms with van der Waals surface area (Å²) in [7, 11) is 0. The summed E-state index contributed by atoms with van der Waals surface area (Å²) in [6, 6.07) is 9.53. The highest BCUT2D eigenvalue weighted by atomic mass is 79.9. The lowest BCUT2D eigenvalue weighted by molar-refractivity contribution is 0.0944. The Morgan fingerprint density at radius 2 is 2.24 bits per heavy atom. The number of amides is 1. The monoisotopic (exact) mass is 346 g/mol. The van der Waals surface area contributed by atoms with Crippen molar-refractivity contribution in [1.82, 2.24) is 10.3 Å². The van der Waals surface area contributed by atoms with Crippen LogP contribution in [0.4, 0.5) is 0 Å². The summed E-state index contributed by atoms with van der Waals surface area (Å²) in [5.41, 5.74) is 1.63. The first kappa shape index (κ1) is 14.5. The first-order valence-corrected chi connectivity index (χ1v) is 8.41. The maximum atomic E-state index is 12.3. The van der Waals surface area contributed by atoms with Gasteiger partial charge in [-0.25, -0.2) is 0 Å². The predicted molar refractivity (Wildman–Crippen MR) is 88.7 cm³/mol. The second-order valence-corrected chi connectivity index (χ2v) is 7.05. The molecule has 2 unspecified atom stereocenters. The Labute approximate surface area is 133 Å². The van der Waals surface area contributed by atoms with E-state index in [1.165, 1.54) is 19.3 Å². The second kappa shape index (κ2) is 6.56. The molecule has 0 bridgehead atoms. The first-order chi connectivity index (χ1) is 10.2. The van der Waals surface area contributed by atoms with Crippen molar-refractivity contribution in [2.24, 2.45) is 5.92 Å². The summed E-state index contributed by atoms with van der Waals surface area (Å²) >= 11 is 3.69. The van der Waals surface area contributed by atoms with Gasteiger partial charge in [0.25, 0.3) is 5.91 Å². The molecule has 1 aliphatic carbocycles. The highest BCUT2D eigenvalue weighted by Crippen LogP contribution is 2.28. The van der Waals surface area contributed by atoms with Crippen LogP contribution >= 0.6 is 15.9 Å². The number of alkyl halides is 1. The van der Waals surface area contributed by atoms with Gasteiger partial charge in [0.2, 0.25) is 0 Å². The summed E-state index contributed by atoms with van der Waals surface area (Å²) in [5.74, 6) is 0.603. The lowest BCUT2D eigenvalue weighted by Gasteiger charge is -2.25. The van der Waals surface area contributed by atoms with Crippen molar-refractivity contribution < 1.29 is 4.79 Å². The number of carbonyl (C=O) groups excluding carboxylic acids is 1. The minimum atomic E-state index is 0.0115. The molecule has 2 aromatic rings. The van der Waals surface area contributed by atoms with Gasteiger partial charge in [0.05, 0.1) is 5.52 Å². The summed E-state index contributed by atoms with van der Waals surface area (Å²) in [6.45, 7) is 0.770. The Morgan fingerprint density at radius 1 is 1.33 bits per heavy atom. The lowest BCUT2D eigenvalue weighted by Crippen LogP contribution is -2.31. The topological polar surface area (TPSA) is 42.0 Å². The number of rotatable bonds is 3. The molecular formula is C17H19BrN2O. The van der Waals surface area contributed by atoms with Crippen LogP contribution in [0, 0.1) is 5.92 Å². The van der Waals surface area contributed by atoms with Gasteiger partial charge in [-0.05, 0) is 49.4 Å². The molecule has 1 aromatic carbocycles. The van der Waals surface area contributed by atoms with Crippen LogP contribution in [-0.2, 0) is 0 Å². The molecule has 1 saturated carbocycles. The molecule has 1 fully saturated rings. The van der Waals surface area contributed by atoms with Gasteiger partial charge in [0.1, 0.15) is 0 Å². The fraction of sp³-hybridized carbons (Fsp3) is 0.412. The van der Waals surface area contributed by atoms with Crippen LogP contribution in [-0.4, -0.2) is 22.3 Å². The highest BCUT2D eigenvalue weighted by Gasteiger charge is 2.20. The van der Waals surface area contributed by atoms with Crippen molar-refractivity contribution in [2.75, 3.05) is 6.54 Å². The van der Waals surface area contributed by atoms with Crippen molar-refractivity contribution in [3.05, 3.63) is 42.1 Å². The molecule has 1 amide bonds. The maximum absolute atomic E-state index is 12.3. The number of hydrogen-bond donors (Lipinski definition) is 1. The molecule has 0 spiro atoms. The summed E-state index contributed by atoms with van der Waals surface area (Å²) in [5, 5.41) is 4.08. The Balaban J connectivity index is 1.63. The van der Waals surface area contributed by atoms with E-state index in [1.54, 1.807) is 6.20 Å². The number of halogens is 1. The van der Waals surface area contributed by atoms with E-state index in [9.17, 15) is 4.79 Å². The maximum Gasteiger partial charge on any atom is 0.251 e. The molecule has 0 aliphatic heterocycles. The molecule has 3 nitrogen and oxygen atoms in total. The van der Waals surface area contributed by atoms with Gasteiger partial charge in [-0.3, -0.25) is 9.78 Å². The largest absolute Gasteiger partial charge is 0.352 e. The molecule has 1 heterocycles. The van der Waals surface area contributed by atoms with Crippen molar-refractivity contribution in [3.63, 3.8) is 0 Å². The zero-order chi connectivity index (χ0) is 14.7. The average molecular weight is 347 g/mol. The molecule has 110 valence electrons. The molecule has 0 radical (unpaired) electrons. The normalized spacial score (nSPS) is 22.1. The van der Waals surface area contributed by atoms with E-state index in [1.807, 2.05) is 30.3 Å². The van der Waals surface area contributed by atoms with Gasteiger partial charge in [0, 0.05) is 28.5 Å². The predicted octanol–water partition coefficient (Wildman–Crippen LogP) is 3.92. The number of benzene rings is 1. The van der Waals surface area contributed by atoms with E-state index < -0.39 is 0 Å². The van der Waals surface area contributed by atoms with Gasteiger partial charge < -0.3 is 5.32 Å². The number of aromatic nitrogens is 1. The fourth-order valence-corrected chi connectivity index (χ4v) is 3.82. The molecule has 1 N–H and O–H groups in total. The van der Waals surface area contributed by atoms with Crippen molar-refractivity contribution in [3.8, 4) is 0 Å². The molecule has 21 heavy (non-hydrogen) atoms. The Bertz CT molecular complexity index is 643. The number of nitrogens with one attached hydrogen (secondary N) is 1. The van der Waals surface area contributed by atoms with Crippen LogP contribution in [0.3, 0.4) is 0 Å². The summed E-state index contributed by atoms with van der Waals surface area (Å²) < 4.78 is 0. The van der Waals surface area contributed by atoms with E-state index in [4.69, 9.17) is 0 Å². The van der Waals surface area contributed by atoms with Crippen molar-refractivity contribution >= 4 is 32.7 Å². The van der Waals surface area contributed by atoms with Gasteiger partial charge in [-0.2, -0.15) is 0 Å². The van der Waals surface area contributed by atoms with E-state index in [2.05, 4.69) is 26.2 Å². The SMILES string of the molecule is O=C(NCC1CCCC(Br)C1)c1ccc2ncccc2c1. The third kappa shape index (κ3) is 3.62. The standard InChI is InChI=1S/C17H19BrN2O/c18-15-5-1-3-12(9-15)11-20-17(21)14-6-7-16-13(10-14)4-2-8-19-16/h2,4,6-8,10,12,15H,1,3,5,9,11H2,(H,20,21). The Morgan fingerprint density at radius 3 is 3.10 bits per heavy atom. The second-order valence-electron chi connectivity index (χ2n) is 5.75. The van der Waals surface area contributed by atoms with Gasteiger partial charge in [-0.15, -0.1) is 0 Å². The Kier molecular flexibility index (Phi) is 4.54. The molecular weight excluding hydrogens is 328 g/mol. The van der Waals surface area contributed by atoms with Crippen LogP contribution < -0.4 is 5.32 Å². The number of hydrogen-bond acceptors (Lipinski definition) is 2. The summed E-state index contributed by atoms with van der Waals surface area (Å²) in [4.78, 5) is 17.2. The average Bonchev–Trinajstić information content (AvgIpc) is 2.52. The molecule has 1 aliphatic rings. The number of carbonyl (C=O) groups is 1. The van der Waals surface area contributed by atoms with Crippen molar-refractivity contribution in [1.29, 1.82) is 0 Å². The third-order valence-corrected chi connectivity index (χ3v) is 4.97. The lowest BCUT2D eigenvalue weighted by atomic mass is 9.89. The minimum Gasteiger partial charge on any atom is -0.352 e. The number of nitrogens with zero attached hydrogens (tertiary/aromatic N) is 1. The first-order valence-electron chi connectivity index (χ1n) is 7.49. The highest BCUT2D eigenvalue weighted by molar-refractivity contribution is 9.09. The van der Waals surface area contributed by atoms with Crippen LogP contribution in [0.15, 0.2) is 36.5 Å². The number of fused-ring (bicyclic) bond motifs is 1. The van der Waals surface area contributed by atoms with Crippen LogP contribution in [0.1, 0.15) is 36.0 Å². The van der Waals surface area contributed by atoms with Crippen molar-refractivity contribution in [2.45, 2.75) is 30.5 Å². The molecule has 3 rings (SSSR count). The van der Waals surface area contributed by atoms with Gasteiger partial charge in [-0.1, -0.05) is 28.4 Å². The van der Waals surface area contributed by atoms with E-state index >= 15 is 0 Å². The zero-order valence-corrected chi connectivity index (χ0v) is 13.5.